The summed E-state index contributed by atoms with van der Waals surface area (Å²) in [4.78, 5) is 12.3. The van der Waals surface area contributed by atoms with Crippen LogP contribution in [0.25, 0.3) is 6.08 Å². The third-order valence-electron chi connectivity index (χ3n) is 5.81. The number of carboxylic acids is 1. The van der Waals surface area contributed by atoms with Crippen LogP contribution in [0.15, 0.2) is 54.1 Å². The fourth-order valence-electron chi connectivity index (χ4n) is 3.80. The van der Waals surface area contributed by atoms with Crippen LogP contribution in [0.3, 0.4) is 0 Å². The highest BCUT2D eigenvalue weighted by molar-refractivity contribution is 5.85. The minimum Gasteiger partial charge on any atom is -0.480 e. The highest BCUT2D eigenvalue weighted by Gasteiger charge is 2.46. The van der Waals surface area contributed by atoms with Crippen molar-refractivity contribution in [3.8, 4) is 17.6 Å². The summed E-state index contributed by atoms with van der Waals surface area (Å²) >= 11 is 0. The fraction of sp³-hybridized carbons (Fsp3) is 0.185. The van der Waals surface area contributed by atoms with Crippen LogP contribution >= 0.6 is 0 Å². The van der Waals surface area contributed by atoms with E-state index in [1.807, 2.05) is 0 Å². The predicted octanol–water partition coefficient (Wildman–Crippen LogP) is 7.19. The van der Waals surface area contributed by atoms with Gasteiger partial charge in [-0.05, 0) is 53.8 Å². The van der Waals surface area contributed by atoms with Crippen LogP contribution in [0, 0.1) is 57.6 Å². The van der Waals surface area contributed by atoms with E-state index in [-0.39, 0.29) is 17.1 Å². The van der Waals surface area contributed by atoms with Crippen molar-refractivity contribution in [3.05, 3.63) is 100 Å². The maximum absolute atomic E-state index is 14.5. The number of rotatable bonds is 8. The second-order valence-corrected chi connectivity index (χ2v) is 8.39. The third kappa shape index (κ3) is 5.16. The number of hydrogen-bond acceptors (Lipinski definition) is 3. The summed E-state index contributed by atoms with van der Waals surface area (Å²) in [5.74, 6) is -14.7. The zero-order valence-corrected chi connectivity index (χ0v) is 19.5. The number of nitriles is 1. The molecule has 0 heterocycles. The Bertz CT molecular complexity index is 1390. The highest BCUT2D eigenvalue weighted by Crippen LogP contribution is 2.40. The topological polar surface area (TPSA) is 70.3 Å². The molecule has 0 amide bonds. The van der Waals surface area contributed by atoms with Gasteiger partial charge in [0.05, 0.1) is 11.6 Å². The van der Waals surface area contributed by atoms with Crippen molar-refractivity contribution in [2.45, 2.75) is 20.3 Å². The molecule has 1 N–H and O–H groups in total. The quantitative estimate of drug-likeness (QED) is 0.194. The van der Waals surface area contributed by atoms with Crippen LogP contribution in [0.1, 0.15) is 25.0 Å². The predicted molar refractivity (Wildman–Crippen MR) is 121 cm³/mol. The molecule has 0 aliphatic rings. The molecule has 3 aromatic rings. The number of carbonyl (C=O) groups is 1. The Labute approximate surface area is 208 Å². The first-order valence-corrected chi connectivity index (χ1v) is 10.8. The Morgan fingerprint density at radius 3 is 2.05 bits per heavy atom. The van der Waals surface area contributed by atoms with Crippen molar-refractivity contribution < 1.29 is 41.0 Å². The lowest BCUT2D eigenvalue weighted by atomic mass is 9.70. The second kappa shape index (κ2) is 10.8. The van der Waals surface area contributed by atoms with E-state index in [9.17, 15) is 41.5 Å². The fourth-order valence-corrected chi connectivity index (χ4v) is 3.80. The van der Waals surface area contributed by atoms with E-state index < -0.39 is 69.8 Å². The molecule has 0 aliphatic heterocycles. The van der Waals surface area contributed by atoms with Gasteiger partial charge in [0, 0.05) is 0 Å². The number of aliphatic carboxylic acids is 1. The van der Waals surface area contributed by atoms with Gasteiger partial charge < -0.3 is 9.84 Å². The van der Waals surface area contributed by atoms with Crippen molar-refractivity contribution >= 4 is 12.0 Å². The van der Waals surface area contributed by atoms with Gasteiger partial charge in [0.2, 0.25) is 5.82 Å². The minimum absolute atomic E-state index is 0.143. The summed E-state index contributed by atoms with van der Waals surface area (Å²) in [6, 6.07) is 13.1. The Kier molecular flexibility index (Phi) is 7.96. The van der Waals surface area contributed by atoms with Gasteiger partial charge in [0.1, 0.15) is 5.75 Å². The van der Waals surface area contributed by atoms with Gasteiger partial charge >= 0.3 is 5.97 Å². The molecule has 0 fully saturated rings. The van der Waals surface area contributed by atoms with Gasteiger partial charge in [-0.15, -0.1) is 0 Å². The number of nitrogens with zero attached hydrogens (tertiary/aromatic N) is 1. The van der Waals surface area contributed by atoms with Crippen molar-refractivity contribution in [3.63, 3.8) is 0 Å². The first-order chi connectivity index (χ1) is 17.4. The van der Waals surface area contributed by atoms with E-state index in [0.717, 1.165) is 6.07 Å². The molecule has 1 unspecified atom stereocenters. The van der Waals surface area contributed by atoms with E-state index >= 15 is 0 Å². The number of para-hydroxylation sites is 1. The van der Waals surface area contributed by atoms with Gasteiger partial charge in [0.25, 0.3) is 0 Å². The van der Waals surface area contributed by atoms with Gasteiger partial charge in [0.15, 0.2) is 40.3 Å². The summed E-state index contributed by atoms with van der Waals surface area (Å²) in [6.45, 7) is 2.69. The van der Waals surface area contributed by atoms with Crippen LogP contribution in [0.2, 0.25) is 0 Å². The summed E-state index contributed by atoms with van der Waals surface area (Å²) in [6.07, 6.45) is -0.0579. The lowest BCUT2D eigenvalue weighted by Crippen LogP contribution is -2.37. The summed E-state index contributed by atoms with van der Waals surface area (Å²) < 4.78 is 90.2. The molecule has 37 heavy (non-hydrogen) atoms. The van der Waals surface area contributed by atoms with Crippen molar-refractivity contribution in [1.29, 1.82) is 5.26 Å². The van der Waals surface area contributed by atoms with Crippen LogP contribution in [-0.2, 0) is 11.2 Å². The zero-order chi connectivity index (χ0) is 27.5. The molecule has 3 aromatic carbocycles. The van der Waals surface area contributed by atoms with E-state index in [4.69, 9.17) is 4.74 Å². The Hall–Kier alpha value is -4.26. The molecule has 0 aromatic heterocycles. The summed E-state index contributed by atoms with van der Waals surface area (Å²) in [5, 5.41) is 19.8. The van der Waals surface area contributed by atoms with Crippen molar-refractivity contribution in [1.82, 2.24) is 0 Å². The van der Waals surface area contributed by atoms with Crippen LogP contribution in [0.4, 0.5) is 26.3 Å². The number of carboxylic acid groups (broad SMARTS) is 1. The lowest BCUT2D eigenvalue weighted by molar-refractivity contribution is -0.145. The average molecular weight is 519 g/mol. The van der Waals surface area contributed by atoms with Crippen LogP contribution in [0.5, 0.6) is 11.5 Å². The van der Waals surface area contributed by atoms with E-state index in [0.29, 0.717) is 6.08 Å². The lowest BCUT2D eigenvalue weighted by Gasteiger charge is -2.29. The first-order valence-electron chi connectivity index (χ1n) is 10.8. The molecule has 0 saturated carbocycles. The summed E-state index contributed by atoms with van der Waals surface area (Å²) in [5.41, 5.74) is -4.19. The Morgan fingerprint density at radius 1 is 0.973 bits per heavy atom. The van der Waals surface area contributed by atoms with Gasteiger partial charge in [-0.25, -0.2) is 26.3 Å². The zero-order valence-electron chi connectivity index (χ0n) is 19.5. The number of hydrogen-bond donors (Lipinski definition) is 1. The van der Waals surface area contributed by atoms with Crippen LogP contribution < -0.4 is 4.74 Å². The Balaban J connectivity index is 2.22. The van der Waals surface area contributed by atoms with E-state index in [1.54, 1.807) is 36.4 Å². The molecular formula is C27H19F6NO3. The van der Waals surface area contributed by atoms with Crippen LogP contribution in [-0.4, -0.2) is 11.1 Å². The molecule has 3 rings (SSSR count). The van der Waals surface area contributed by atoms with E-state index in [1.165, 1.54) is 26.0 Å². The maximum atomic E-state index is 14.5. The average Bonchev–Trinajstić information content (AvgIpc) is 2.87. The molecule has 0 aliphatic carbocycles. The van der Waals surface area contributed by atoms with Crippen molar-refractivity contribution in [2.24, 2.45) is 11.3 Å². The molecule has 10 heteroatoms. The van der Waals surface area contributed by atoms with Gasteiger partial charge in [-0.3, -0.25) is 4.79 Å². The molecule has 0 bridgehead atoms. The molecule has 0 radical (unpaired) electrons. The smallest absolute Gasteiger partial charge is 0.328 e. The molecular weight excluding hydrogens is 500 g/mol. The highest BCUT2D eigenvalue weighted by atomic mass is 19.2. The number of ether oxygens (including phenoxy) is 1. The second-order valence-electron chi connectivity index (χ2n) is 8.39. The maximum Gasteiger partial charge on any atom is 0.328 e. The molecule has 0 saturated heterocycles. The monoisotopic (exact) mass is 519 g/mol. The Morgan fingerprint density at radius 2 is 1.54 bits per heavy atom. The molecule has 192 valence electrons. The summed E-state index contributed by atoms with van der Waals surface area (Å²) in [7, 11) is 0. The number of halogens is 6. The normalized spacial score (nSPS) is 13.2. The SMILES string of the molecule is CC(C)C(C#N)(C(=O)O)C(=Cc1c(F)c(F)c(F)c(F)c1F)Cc1ccc(F)c(Oc2ccccc2)c1. The molecule has 0 spiro atoms. The third-order valence-corrected chi connectivity index (χ3v) is 5.81. The molecule has 4 nitrogen and oxygen atoms in total. The molecule has 1 atom stereocenters. The standard InChI is InChI=1S/C27H19F6NO3/c1-14(2)27(13-34,26(35)36)16(12-18-21(29)23(31)25(33)24(32)22(18)30)10-15-8-9-19(28)20(11-15)37-17-6-4-3-5-7-17/h3-9,11-12,14H,10H2,1-2H3,(H,35,36). The van der Waals surface area contributed by atoms with Gasteiger partial charge in [-0.2, -0.15) is 5.26 Å². The van der Waals surface area contributed by atoms with Crippen molar-refractivity contribution in [2.75, 3.05) is 0 Å². The van der Waals surface area contributed by atoms with Gasteiger partial charge in [-0.1, -0.05) is 38.1 Å². The first kappa shape index (κ1) is 27.3. The number of benzene rings is 3. The minimum atomic E-state index is -2.44. The van der Waals surface area contributed by atoms with E-state index in [2.05, 4.69) is 0 Å². The largest absolute Gasteiger partial charge is 0.480 e.